The summed E-state index contributed by atoms with van der Waals surface area (Å²) in [4.78, 5) is 13.8. The van der Waals surface area contributed by atoms with Crippen molar-refractivity contribution in [1.82, 2.24) is 9.62 Å². The molecule has 1 amide bonds. The van der Waals surface area contributed by atoms with E-state index >= 15 is 0 Å². The standard InChI is InChI=1S/C23H24N2O4S/c1-29-21-10-8-20-14-22(11-9-19(20)13-21)30(27,28)24-15-17-4-6-18(7-5-17)16-25-12-2-3-23(25)26/h4-11,13-14,24H,2-3,12,15-16H2,1H3. The zero-order chi connectivity index (χ0) is 21.1. The molecule has 3 aromatic rings. The Hall–Kier alpha value is -2.90. The van der Waals surface area contributed by atoms with Crippen molar-refractivity contribution in [3.05, 3.63) is 71.8 Å². The number of nitrogens with one attached hydrogen (secondary N) is 1. The lowest BCUT2D eigenvalue weighted by Gasteiger charge is -2.15. The molecule has 7 heteroatoms. The first kappa shape index (κ1) is 20.4. The maximum atomic E-state index is 12.7. The topological polar surface area (TPSA) is 75.7 Å². The minimum absolute atomic E-state index is 0.195. The van der Waals surface area contributed by atoms with Crippen molar-refractivity contribution in [1.29, 1.82) is 0 Å². The van der Waals surface area contributed by atoms with E-state index < -0.39 is 10.0 Å². The summed E-state index contributed by atoms with van der Waals surface area (Å²) >= 11 is 0. The second-order valence-corrected chi connectivity index (χ2v) is 9.20. The lowest BCUT2D eigenvalue weighted by molar-refractivity contribution is -0.128. The van der Waals surface area contributed by atoms with Gasteiger partial charge in [0.25, 0.3) is 0 Å². The first-order valence-corrected chi connectivity index (χ1v) is 11.4. The van der Waals surface area contributed by atoms with Crippen LogP contribution >= 0.6 is 0 Å². The molecule has 0 aliphatic carbocycles. The molecule has 1 heterocycles. The second kappa shape index (κ2) is 8.45. The first-order chi connectivity index (χ1) is 14.4. The van der Waals surface area contributed by atoms with Crippen molar-refractivity contribution in [2.75, 3.05) is 13.7 Å². The molecule has 0 unspecified atom stereocenters. The summed E-state index contributed by atoms with van der Waals surface area (Å²) < 4.78 is 33.3. The first-order valence-electron chi connectivity index (χ1n) is 9.88. The Labute approximate surface area is 176 Å². The average Bonchev–Trinajstić information content (AvgIpc) is 3.16. The minimum Gasteiger partial charge on any atom is -0.497 e. The third-order valence-electron chi connectivity index (χ3n) is 5.36. The van der Waals surface area contributed by atoms with E-state index in [1.165, 1.54) is 0 Å². The number of ether oxygens (including phenoxy) is 1. The summed E-state index contributed by atoms with van der Waals surface area (Å²) in [5.41, 5.74) is 1.91. The van der Waals surface area contributed by atoms with Gasteiger partial charge in [-0.05, 0) is 52.6 Å². The minimum atomic E-state index is -3.64. The molecular weight excluding hydrogens is 400 g/mol. The Morgan fingerprint density at radius 3 is 2.37 bits per heavy atom. The van der Waals surface area contributed by atoms with E-state index in [0.717, 1.165) is 40.6 Å². The van der Waals surface area contributed by atoms with Gasteiger partial charge in [-0.1, -0.05) is 36.4 Å². The summed E-state index contributed by atoms with van der Waals surface area (Å²) in [6.07, 6.45) is 1.54. The summed E-state index contributed by atoms with van der Waals surface area (Å²) in [7, 11) is -2.04. The number of benzene rings is 3. The van der Waals surface area contributed by atoms with Crippen LogP contribution in [0.25, 0.3) is 10.8 Å². The largest absolute Gasteiger partial charge is 0.497 e. The number of amides is 1. The molecule has 0 aromatic heterocycles. The van der Waals surface area contributed by atoms with Gasteiger partial charge in [-0.3, -0.25) is 4.79 Å². The average molecular weight is 425 g/mol. The van der Waals surface area contributed by atoms with Crippen LogP contribution in [0.1, 0.15) is 24.0 Å². The number of fused-ring (bicyclic) bond motifs is 1. The predicted octanol–water partition coefficient (Wildman–Crippen LogP) is 3.45. The highest BCUT2D eigenvalue weighted by Gasteiger charge is 2.20. The Morgan fingerprint density at radius 2 is 1.67 bits per heavy atom. The van der Waals surface area contributed by atoms with Crippen LogP contribution in [-0.4, -0.2) is 32.9 Å². The SMILES string of the molecule is COc1ccc2cc(S(=O)(=O)NCc3ccc(CN4CCCC4=O)cc3)ccc2c1. The molecule has 0 atom stereocenters. The van der Waals surface area contributed by atoms with E-state index in [0.29, 0.717) is 13.0 Å². The van der Waals surface area contributed by atoms with Crippen LogP contribution in [0.15, 0.2) is 65.6 Å². The van der Waals surface area contributed by atoms with Crippen molar-refractivity contribution in [3.8, 4) is 5.75 Å². The molecule has 1 aliphatic rings. The lowest BCUT2D eigenvalue weighted by Crippen LogP contribution is -2.24. The number of likely N-dealkylation sites (tertiary alicyclic amines) is 1. The highest BCUT2D eigenvalue weighted by molar-refractivity contribution is 7.89. The summed E-state index contributed by atoms with van der Waals surface area (Å²) in [5, 5.41) is 1.75. The number of nitrogens with zero attached hydrogens (tertiary/aromatic N) is 1. The maximum absolute atomic E-state index is 12.7. The summed E-state index contributed by atoms with van der Waals surface area (Å²) in [6.45, 7) is 1.61. The zero-order valence-electron chi connectivity index (χ0n) is 16.8. The summed E-state index contributed by atoms with van der Waals surface area (Å²) in [6, 6.07) is 18.2. The molecule has 0 bridgehead atoms. The van der Waals surface area contributed by atoms with Crippen molar-refractivity contribution < 1.29 is 17.9 Å². The molecule has 1 N–H and O–H groups in total. The van der Waals surface area contributed by atoms with Gasteiger partial charge >= 0.3 is 0 Å². The molecule has 0 spiro atoms. The van der Waals surface area contributed by atoms with Gasteiger partial charge in [0.2, 0.25) is 15.9 Å². The second-order valence-electron chi connectivity index (χ2n) is 7.43. The van der Waals surface area contributed by atoms with Crippen molar-refractivity contribution in [2.24, 2.45) is 0 Å². The Balaban J connectivity index is 1.42. The maximum Gasteiger partial charge on any atom is 0.240 e. The van der Waals surface area contributed by atoms with Crippen LogP contribution in [0, 0.1) is 0 Å². The smallest absolute Gasteiger partial charge is 0.240 e. The highest BCUT2D eigenvalue weighted by atomic mass is 32.2. The van der Waals surface area contributed by atoms with Gasteiger partial charge in [0.05, 0.1) is 12.0 Å². The number of carbonyl (C=O) groups is 1. The van der Waals surface area contributed by atoms with Gasteiger partial charge in [-0.2, -0.15) is 0 Å². The molecule has 1 fully saturated rings. The normalized spacial score (nSPS) is 14.4. The van der Waals surface area contributed by atoms with E-state index in [1.807, 2.05) is 47.4 Å². The number of hydrogen-bond donors (Lipinski definition) is 1. The quantitative estimate of drug-likeness (QED) is 0.630. The Morgan fingerprint density at radius 1 is 0.967 bits per heavy atom. The fourth-order valence-electron chi connectivity index (χ4n) is 3.61. The molecule has 1 aliphatic heterocycles. The number of rotatable bonds is 7. The van der Waals surface area contributed by atoms with Crippen LogP contribution in [0.5, 0.6) is 5.75 Å². The molecule has 6 nitrogen and oxygen atoms in total. The van der Waals surface area contributed by atoms with E-state index in [9.17, 15) is 13.2 Å². The van der Waals surface area contributed by atoms with Gasteiger partial charge in [-0.25, -0.2) is 13.1 Å². The fourth-order valence-corrected chi connectivity index (χ4v) is 4.66. The molecule has 156 valence electrons. The summed E-state index contributed by atoms with van der Waals surface area (Å²) in [5.74, 6) is 0.925. The third-order valence-corrected chi connectivity index (χ3v) is 6.76. The molecular formula is C23H24N2O4S. The molecule has 4 rings (SSSR count). The van der Waals surface area contributed by atoms with Crippen molar-refractivity contribution in [2.45, 2.75) is 30.8 Å². The van der Waals surface area contributed by atoms with E-state index in [-0.39, 0.29) is 17.3 Å². The van der Waals surface area contributed by atoms with Gasteiger partial charge in [0, 0.05) is 26.1 Å². The molecule has 0 radical (unpaired) electrons. The van der Waals surface area contributed by atoms with Crippen LogP contribution in [0.3, 0.4) is 0 Å². The third kappa shape index (κ3) is 4.47. The van der Waals surface area contributed by atoms with Gasteiger partial charge < -0.3 is 9.64 Å². The van der Waals surface area contributed by atoms with Crippen molar-refractivity contribution >= 4 is 26.7 Å². The Kier molecular flexibility index (Phi) is 5.74. The van der Waals surface area contributed by atoms with Gasteiger partial charge in [0.1, 0.15) is 5.75 Å². The van der Waals surface area contributed by atoms with Crippen LogP contribution in [0.4, 0.5) is 0 Å². The molecule has 0 saturated carbocycles. The van der Waals surface area contributed by atoms with E-state index in [1.54, 1.807) is 25.3 Å². The van der Waals surface area contributed by atoms with Gasteiger partial charge in [-0.15, -0.1) is 0 Å². The zero-order valence-corrected chi connectivity index (χ0v) is 17.6. The van der Waals surface area contributed by atoms with Crippen LogP contribution < -0.4 is 9.46 Å². The molecule has 30 heavy (non-hydrogen) atoms. The number of hydrogen-bond acceptors (Lipinski definition) is 4. The van der Waals surface area contributed by atoms with Crippen molar-refractivity contribution in [3.63, 3.8) is 0 Å². The van der Waals surface area contributed by atoms with Crippen LogP contribution in [-0.2, 0) is 27.9 Å². The molecule has 1 saturated heterocycles. The fraction of sp³-hybridized carbons (Fsp3) is 0.261. The number of carbonyl (C=O) groups excluding carboxylic acids is 1. The van der Waals surface area contributed by atoms with E-state index in [4.69, 9.17) is 4.74 Å². The monoisotopic (exact) mass is 424 g/mol. The van der Waals surface area contributed by atoms with E-state index in [2.05, 4.69) is 4.72 Å². The number of sulfonamides is 1. The molecule has 3 aromatic carbocycles. The van der Waals surface area contributed by atoms with Gasteiger partial charge in [0.15, 0.2) is 0 Å². The highest BCUT2D eigenvalue weighted by Crippen LogP contribution is 2.24. The number of methoxy groups -OCH3 is 1. The van der Waals surface area contributed by atoms with Crippen LogP contribution in [0.2, 0.25) is 0 Å². The lowest BCUT2D eigenvalue weighted by atomic mass is 10.1. The Bertz CT molecular complexity index is 1170. The predicted molar refractivity (Wildman–Crippen MR) is 116 cm³/mol.